The van der Waals surface area contributed by atoms with Crippen LogP contribution in [-0.2, 0) is 13.6 Å². The first-order chi connectivity index (χ1) is 15.5. The first kappa shape index (κ1) is 22.5. The largest absolute Gasteiger partial charge is 0.389 e. The van der Waals surface area contributed by atoms with Gasteiger partial charge in [0.05, 0.1) is 35.1 Å². The lowest BCUT2D eigenvalue weighted by Crippen LogP contribution is -2.32. The number of hydrogen-bond acceptors (Lipinski definition) is 5. The Labute approximate surface area is 192 Å². The summed E-state index contributed by atoms with van der Waals surface area (Å²) in [4.78, 5) is 27.2. The Morgan fingerprint density at radius 1 is 1.27 bits per heavy atom. The molecule has 3 heterocycles. The van der Waals surface area contributed by atoms with Gasteiger partial charge in [0.25, 0.3) is 5.91 Å². The van der Waals surface area contributed by atoms with Gasteiger partial charge in [-0.25, -0.2) is 0 Å². The van der Waals surface area contributed by atoms with Gasteiger partial charge < -0.3 is 19.6 Å². The molecule has 1 aromatic carbocycles. The summed E-state index contributed by atoms with van der Waals surface area (Å²) in [7, 11) is 5.80. The van der Waals surface area contributed by atoms with Crippen LogP contribution in [0.4, 0.5) is 5.69 Å². The summed E-state index contributed by atoms with van der Waals surface area (Å²) in [5.74, 6) is -0.400. The molecule has 172 valence electrons. The van der Waals surface area contributed by atoms with Crippen molar-refractivity contribution >= 4 is 22.6 Å². The van der Waals surface area contributed by atoms with Gasteiger partial charge in [-0.2, -0.15) is 10.1 Å². The lowest BCUT2D eigenvalue weighted by Gasteiger charge is -2.19. The van der Waals surface area contributed by atoms with E-state index in [9.17, 15) is 9.90 Å². The van der Waals surface area contributed by atoms with E-state index in [2.05, 4.69) is 20.1 Å². The SMILES string of the molecule is Cc1cc2c(cc1N(C)C)[nH]/c(=N\C(=O)c1ccnc(-c3cnn(C)c3)c1)n2CC(C)(C)O. The predicted molar refractivity (Wildman–Crippen MR) is 128 cm³/mol. The Balaban J connectivity index is 1.83. The number of carbonyl (C=O) groups is 1. The van der Waals surface area contributed by atoms with Gasteiger partial charge in [0.2, 0.25) is 5.62 Å². The fraction of sp³-hybridized carbons (Fsp3) is 0.333. The zero-order chi connectivity index (χ0) is 23.9. The van der Waals surface area contributed by atoms with Crippen molar-refractivity contribution in [1.29, 1.82) is 0 Å². The minimum Gasteiger partial charge on any atom is -0.389 e. The van der Waals surface area contributed by atoms with E-state index in [1.54, 1.807) is 43.1 Å². The first-order valence-corrected chi connectivity index (χ1v) is 10.7. The average Bonchev–Trinajstić information content (AvgIpc) is 3.30. The number of nitrogens with one attached hydrogen (secondary N) is 1. The smallest absolute Gasteiger partial charge is 0.280 e. The second-order valence-electron chi connectivity index (χ2n) is 9.15. The molecule has 0 aliphatic rings. The highest BCUT2D eigenvalue weighted by atomic mass is 16.3. The van der Waals surface area contributed by atoms with Gasteiger partial charge in [0.1, 0.15) is 0 Å². The number of rotatable bonds is 5. The van der Waals surface area contributed by atoms with Crippen molar-refractivity contribution in [3.05, 3.63) is 59.6 Å². The molecule has 0 spiro atoms. The summed E-state index contributed by atoms with van der Waals surface area (Å²) < 4.78 is 3.53. The zero-order valence-electron chi connectivity index (χ0n) is 19.8. The molecule has 0 saturated heterocycles. The van der Waals surface area contributed by atoms with Crippen molar-refractivity contribution in [2.24, 2.45) is 12.0 Å². The number of anilines is 1. The van der Waals surface area contributed by atoms with Crippen molar-refractivity contribution in [3.63, 3.8) is 0 Å². The van der Waals surface area contributed by atoms with Crippen LogP contribution in [0.5, 0.6) is 0 Å². The van der Waals surface area contributed by atoms with E-state index in [0.717, 1.165) is 27.8 Å². The number of aliphatic hydroxyl groups is 1. The molecule has 0 bridgehead atoms. The highest BCUT2D eigenvalue weighted by Gasteiger charge is 2.19. The van der Waals surface area contributed by atoms with E-state index >= 15 is 0 Å². The second-order valence-corrected chi connectivity index (χ2v) is 9.15. The molecule has 0 radical (unpaired) electrons. The monoisotopic (exact) mass is 447 g/mol. The van der Waals surface area contributed by atoms with Gasteiger partial charge in [0, 0.05) is 50.4 Å². The van der Waals surface area contributed by atoms with Gasteiger partial charge in [-0.05, 0) is 50.6 Å². The Kier molecular flexibility index (Phi) is 5.67. The maximum Gasteiger partial charge on any atom is 0.280 e. The maximum absolute atomic E-state index is 13.1. The van der Waals surface area contributed by atoms with Crippen LogP contribution in [-0.4, -0.2) is 55.0 Å². The molecule has 3 aromatic heterocycles. The molecule has 0 aliphatic carbocycles. The third-order valence-corrected chi connectivity index (χ3v) is 5.35. The van der Waals surface area contributed by atoms with Crippen LogP contribution in [0.2, 0.25) is 0 Å². The third kappa shape index (κ3) is 4.73. The fourth-order valence-electron chi connectivity index (χ4n) is 3.86. The average molecular weight is 448 g/mol. The number of hydrogen-bond donors (Lipinski definition) is 2. The molecule has 0 atom stereocenters. The van der Waals surface area contributed by atoms with Crippen molar-refractivity contribution in [3.8, 4) is 11.3 Å². The number of imidazole rings is 1. The van der Waals surface area contributed by atoms with Gasteiger partial charge >= 0.3 is 0 Å². The van der Waals surface area contributed by atoms with Crippen LogP contribution in [0.25, 0.3) is 22.3 Å². The van der Waals surface area contributed by atoms with E-state index in [0.29, 0.717) is 16.9 Å². The van der Waals surface area contributed by atoms with E-state index in [1.807, 2.05) is 55.9 Å². The second kappa shape index (κ2) is 8.32. The summed E-state index contributed by atoms with van der Waals surface area (Å²) in [6.07, 6.45) is 5.13. The maximum atomic E-state index is 13.1. The summed E-state index contributed by atoms with van der Waals surface area (Å²) in [6, 6.07) is 7.43. The van der Waals surface area contributed by atoms with E-state index in [1.165, 1.54) is 0 Å². The number of aromatic amines is 1. The summed E-state index contributed by atoms with van der Waals surface area (Å²) in [5.41, 5.74) is 5.14. The molecule has 4 aromatic rings. The van der Waals surface area contributed by atoms with Crippen LogP contribution in [0.1, 0.15) is 29.8 Å². The van der Waals surface area contributed by atoms with Gasteiger partial charge in [-0.1, -0.05) is 0 Å². The standard InChI is InChI=1S/C24H29N7O2/c1-15-9-21-19(11-20(15)29(4)5)27-23(31(21)14-24(2,3)33)28-22(32)16-7-8-25-18(10-16)17-12-26-30(6)13-17/h7-13,33H,14H2,1-6H3,(H,27,28,32). The lowest BCUT2D eigenvalue weighted by molar-refractivity contribution is 0.0612. The molecule has 33 heavy (non-hydrogen) atoms. The lowest BCUT2D eigenvalue weighted by atomic mass is 10.1. The molecule has 4 rings (SSSR count). The summed E-state index contributed by atoms with van der Waals surface area (Å²) >= 11 is 0. The van der Waals surface area contributed by atoms with Crippen LogP contribution >= 0.6 is 0 Å². The molecule has 9 heteroatoms. The number of fused-ring (bicyclic) bond motifs is 1. The summed E-state index contributed by atoms with van der Waals surface area (Å²) in [5, 5.41) is 14.7. The Morgan fingerprint density at radius 2 is 2.03 bits per heavy atom. The molecular weight excluding hydrogens is 418 g/mol. The minimum atomic E-state index is -0.995. The minimum absolute atomic E-state index is 0.275. The topological polar surface area (TPSA) is 104 Å². The fourth-order valence-corrected chi connectivity index (χ4v) is 3.86. The quantitative estimate of drug-likeness (QED) is 0.489. The number of H-pyrrole nitrogens is 1. The molecule has 0 unspecified atom stereocenters. The van der Waals surface area contributed by atoms with Crippen molar-refractivity contribution in [2.75, 3.05) is 19.0 Å². The molecule has 0 saturated carbocycles. The molecule has 2 N–H and O–H groups in total. The number of benzene rings is 1. The number of pyridine rings is 1. The molecule has 1 amide bonds. The number of nitrogens with zero attached hydrogens (tertiary/aromatic N) is 6. The van der Waals surface area contributed by atoms with Gasteiger partial charge in [0.15, 0.2) is 0 Å². The highest BCUT2D eigenvalue weighted by Crippen LogP contribution is 2.24. The number of amides is 1. The van der Waals surface area contributed by atoms with Crippen molar-refractivity contribution < 1.29 is 9.90 Å². The molecular formula is C24H29N7O2. The number of aryl methyl sites for hydroxylation is 2. The van der Waals surface area contributed by atoms with Crippen LogP contribution in [0.3, 0.4) is 0 Å². The first-order valence-electron chi connectivity index (χ1n) is 10.7. The molecule has 0 aliphatic heterocycles. The Bertz CT molecular complexity index is 1400. The third-order valence-electron chi connectivity index (χ3n) is 5.35. The summed E-state index contributed by atoms with van der Waals surface area (Å²) in [6.45, 7) is 5.77. The molecule has 0 fully saturated rings. The normalized spacial score (nSPS) is 12.5. The van der Waals surface area contributed by atoms with E-state index in [-0.39, 0.29) is 6.54 Å². The van der Waals surface area contributed by atoms with Crippen LogP contribution < -0.4 is 10.5 Å². The number of aromatic nitrogens is 5. The zero-order valence-corrected chi connectivity index (χ0v) is 19.8. The van der Waals surface area contributed by atoms with E-state index in [4.69, 9.17) is 0 Å². The van der Waals surface area contributed by atoms with Gasteiger partial charge in [-0.3, -0.25) is 14.5 Å². The highest BCUT2D eigenvalue weighted by molar-refractivity contribution is 5.95. The number of carbonyl (C=O) groups excluding carboxylic acids is 1. The van der Waals surface area contributed by atoms with Crippen molar-refractivity contribution in [2.45, 2.75) is 32.9 Å². The Morgan fingerprint density at radius 3 is 2.67 bits per heavy atom. The van der Waals surface area contributed by atoms with Gasteiger partial charge in [-0.15, -0.1) is 0 Å². The Hall–Kier alpha value is -3.72. The molecule has 9 nitrogen and oxygen atoms in total. The predicted octanol–water partition coefficient (Wildman–Crippen LogP) is 2.65. The van der Waals surface area contributed by atoms with Crippen LogP contribution in [0, 0.1) is 6.92 Å². The van der Waals surface area contributed by atoms with Crippen LogP contribution in [0.15, 0.2) is 47.8 Å². The van der Waals surface area contributed by atoms with Crippen molar-refractivity contribution in [1.82, 2.24) is 24.3 Å². The van der Waals surface area contributed by atoms with E-state index < -0.39 is 11.5 Å².